The van der Waals surface area contributed by atoms with Gasteiger partial charge in [0.05, 0.1) is 16.0 Å². The summed E-state index contributed by atoms with van der Waals surface area (Å²) in [6, 6.07) is 6.76. The van der Waals surface area contributed by atoms with Crippen LogP contribution in [0.1, 0.15) is 39.0 Å². The van der Waals surface area contributed by atoms with Gasteiger partial charge in [-0.25, -0.2) is 0 Å². The van der Waals surface area contributed by atoms with Crippen molar-refractivity contribution in [3.8, 4) is 0 Å². The van der Waals surface area contributed by atoms with Gasteiger partial charge in [-0.1, -0.05) is 32.6 Å². The fraction of sp³-hybridized carbons (Fsp3) is 0.438. The highest BCUT2D eigenvalue weighted by atomic mass is 16.6. The van der Waals surface area contributed by atoms with Crippen LogP contribution < -0.4 is 5.32 Å². The van der Waals surface area contributed by atoms with Gasteiger partial charge in [0.15, 0.2) is 0 Å². The Morgan fingerprint density at radius 3 is 2.76 bits per heavy atom. The van der Waals surface area contributed by atoms with Crippen LogP contribution in [0.25, 0.3) is 10.9 Å². The van der Waals surface area contributed by atoms with Gasteiger partial charge in [-0.3, -0.25) is 15.1 Å². The van der Waals surface area contributed by atoms with E-state index >= 15 is 0 Å². The summed E-state index contributed by atoms with van der Waals surface area (Å²) in [7, 11) is 0. The molecular weight excluding hydrogens is 266 g/mol. The second-order valence-electron chi connectivity index (χ2n) is 5.13. The maximum absolute atomic E-state index is 11.0. The number of hydrogen-bond donors (Lipinski definition) is 1. The highest BCUT2D eigenvalue weighted by molar-refractivity contribution is 5.96. The minimum atomic E-state index is -0.363. The number of rotatable bonds is 8. The fourth-order valence-electron chi connectivity index (χ4n) is 2.41. The van der Waals surface area contributed by atoms with Crippen LogP contribution >= 0.6 is 0 Å². The second-order valence-corrected chi connectivity index (χ2v) is 5.13. The molecule has 1 aromatic carbocycles. The van der Waals surface area contributed by atoms with Crippen molar-refractivity contribution in [2.24, 2.45) is 0 Å². The molecule has 0 aliphatic carbocycles. The Hall–Kier alpha value is -2.17. The summed E-state index contributed by atoms with van der Waals surface area (Å²) >= 11 is 0. The van der Waals surface area contributed by atoms with E-state index < -0.39 is 0 Å². The molecule has 0 spiro atoms. The number of hydrogen-bond acceptors (Lipinski definition) is 4. The lowest BCUT2D eigenvalue weighted by molar-refractivity contribution is -0.383. The number of nitro benzene ring substituents is 1. The zero-order valence-corrected chi connectivity index (χ0v) is 12.3. The number of benzene rings is 1. The molecule has 21 heavy (non-hydrogen) atoms. The normalized spacial score (nSPS) is 10.7. The van der Waals surface area contributed by atoms with Crippen LogP contribution in [-0.4, -0.2) is 16.5 Å². The van der Waals surface area contributed by atoms with Gasteiger partial charge in [0, 0.05) is 18.8 Å². The van der Waals surface area contributed by atoms with Crippen LogP contribution in [0.3, 0.4) is 0 Å². The number of unbranched alkanes of at least 4 members (excludes halogenated alkanes) is 4. The van der Waals surface area contributed by atoms with Crippen molar-refractivity contribution in [3.05, 3.63) is 40.6 Å². The molecule has 0 atom stereocenters. The summed E-state index contributed by atoms with van der Waals surface area (Å²) in [4.78, 5) is 15.0. The minimum absolute atomic E-state index is 0.103. The first-order chi connectivity index (χ1) is 10.2. The number of non-ortho nitro benzene ring substituents is 1. The smallest absolute Gasteiger partial charge is 0.278 e. The fourth-order valence-corrected chi connectivity index (χ4v) is 2.41. The Labute approximate surface area is 124 Å². The van der Waals surface area contributed by atoms with E-state index in [1.54, 1.807) is 30.5 Å². The van der Waals surface area contributed by atoms with Crippen molar-refractivity contribution >= 4 is 22.3 Å². The number of aromatic nitrogens is 1. The third kappa shape index (κ3) is 3.90. The molecule has 0 bridgehead atoms. The van der Waals surface area contributed by atoms with E-state index in [0.717, 1.165) is 18.7 Å². The monoisotopic (exact) mass is 287 g/mol. The lowest BCUT2D eigenvalue weighted by Gasteiger charge is -2.09. The van der Waals surface area contributed by atoms with Crippen molar-refractivity contribution in [1.29, 1.82) is 0 Å². The SMILES string of the molecule is CCCCCCCNc1ccc([N+](=O)[O-])c2cccnc12. The van der Waals surface area contributed by atoms with Gasteiger partial charge in [0.1, 0.15) is 5.52 Å². The number of anilines is 1. The lowest BCUT2D eigenvalue weighted by Crippen LogP contribution is -2.03. The molecule has 0 aliphatic rings. The third-order valence-electron chi connectivity index (χ3n) is 3.54. The first-order valence-electron chi connectivity index (χ1n) is 7.50. The summed E-state index contributed by atoms with van der Waals surface area (Å²) < 4.78 is 0. The van der Waals surface area contributed by atoms with Gasteiger partial charge >= 0.3 is 0 Å². The molecule has 0 saturated carbocycles. The number of nitro groups is 1. The van der Waals surface area contributed by atoms with Crippen molar-refractivity contribution in [3.63, 3.8) is 0 Å². The van der Waals surface area contributed by atoms with Crippen molar-refractivity contribution < 1.29 is 4.92 Å². The highest BCUT2D eigenvalue weighted by Crippen LogP contribution is 2.29. The van der Waals surface area contributed by atoms with E-state index in [1.807, 2.05) is 0 Å². The predicted octanol–water partition coefficient (Wildman–Crippen LogP) is 4.53. The van der Waals surface area contributed by atoms with E-state index in [2.05, 4.69) is 17.2 Å². The molecule has 112 valence electrons. The summed E-state index contributed by atoms with van der Waals surface area (Å²) in [5.74, 6) is 0. The van der Waals surface area contributed by atoms with Crippen LogP contribution in [0.15, 0.2) is 30.5 Å². The Morgan fingerprint density at radius 2 is 2.00 bits per heavy atom. The van der Waals surface area contributed by atoms with Crippen molar-refractivity contribution in [2.45, 2.75) is 39.0 Å². The molecule has 0 saturated heterocycles. The summed E-state index contributed by atoms with van der Waals surface area (Å²) in [5, 5.41) is 15.0. The first-order valence-corrected chi connectivity index (χ1v) is 7.50. The van der Waals surface area contributed by atoms with Gasteiger partial charge in [-0.15, -0.1) is 0 Å². The van der Waals surface area contributed by atoms with E-state index in [4.69, 9.17) is 0 Å². The van der Waals surface area contributed by atoms with Crippen molar-refractivity contribution in [1.82, 2.24) is 4.98 Å². The van der Waals surface area contributed by atoms with E-state index in [0.29, 0.717) is 10.9 Å². The Morgan fingerprint density at radius 1 is 1.19 bits per heavy atom. The van der Waals surface area contributed by atoms with Gasteiger partial charge in [-0.2, -0.15) is 0 Å². The molecule has 1 heterocycles. The topological polar surface area (TPSA) is 68.1 Å². The summed E-state index contributed by atoms with van der Waals surface area (Å²) in [6.07, 6.45) is 7.76. The molecular formula is C16H21N3O2. The van der Waals surface area contributed by atoms with E-state index in [9.17, 15) is 10.1 Å². The largest absolute Gasteiger partial charge is 0.383 e. The van der Waals surface area contributed by atoms with Crippen LogP contribution in [0, 0.1) is 10.1 Å². The molecule has 5 nitrogen and oxygen atoms in total. The van der Waals surface area contributed by atoms with Crippen molar-refractivity contribution in [2.75, 3.05) is 11.9 Å². The standard InChI is InChI=1S/C16H21N3O2/c1-2-3-4-5-6-11-17-14-9-10-15(19(20)21)13-8-7-12-18-16(13)14/h7-10,12,17H,2-6,11H2,1H3. The third-order valence-corrected chi connectivity index (χ3v) is 3.54. The Kier molecular flexibility index (Phi) is 5.49. The predicted molar refractivity (Wildman–Crippen MR) is 85.6 cm³/mol. The van der Waals surface area contributed by atoms with Crippen LogP contribution in [0.2, 0.25) is 0 Å². The highest BCUT2D eigenvalue weighted by Gasteiger charge is 2.14. The second kappa shape index (κ2) is 7.57. The molecule has 0 unspecified atom stereocenters. The maximum Gasteiger partial charge on any atom is 0.278 e. The Bertz CT molecular complexity index is 613. The van der Waals surface area contributed by atoms with Crippen LogP contribution in [0.4, 0.5) is 11.4 Å². The molecule has 1 aromatic heterocycles. The molecule has 2 rings (SSSR count). The number of nitrogens with one attached hydrogen (secondary N) is 1. The minimum Gasteiger partial charge on any atom is -0.383 e. The van der Waals surface area contributed by atoms with Gasteiger partial charge in [-0.05, 0) is 24.6 Å². The molecule has 5 heteroatoms. The van der Waals surface area contributed by atoms with Gasteiger partial charge in [0.2, 0.25) is 0 Å². The van der Waals surface area contributed by atoms with E-state index in [-0.39, 0.29) is 10.6 Å². The van der Waals surface area contributed by atoms with Crippen LogP contribution in [-0.2, 0) is 0 Å². The average Bonchev–Trinajstić information content (AvgIpc) is 2.50. The maximum atomic E-state index is 11.0. The molecule has 0 radical (unpaired) electrons. The number of pyridine rings is 1. The summed E-state index contributed by atoms with van der Waals surface area (Å²) in [6.45, 7) is 3.07. The van der Waals surface area contributed by atoms with Crippen LogP contribution in [0.5, 0.6) is 0 Å². The first kappa shape index (κ1) is 15.2. The quantitative estimate of drug-likeness (QED) is 0.440. The van der Waals surface area contributed by atoms with Gasteiger partial charge < -0.3 is 5.32 Å². The molecule has 2 aromatic rings. The molecule has 0 amide bonds. The molecule has 0 fully saturated rings. The lowest BCUT2D eigenvalue weighted by atomic mass is 10.1. The average molecular weight is 287 g/mol. The van der Waals surface area contributed by atoms with Gasteiger partial charge in [0.25, 0.3) is 5.69 Å². The number of fused-ring (bicyclic) bond motifs is 1. The Balaban J connectivity index is 2.07. The zero-order valence-electron chi connectivity index (χ0n) is 12.3. The summed E-state index contributed by atoms with van der Waals surface area (Å²) in [5.41, 5.74) is 1.64. The molecule has 0 aliphatic heterocycles. The van der Waals surface area contributed by atoms with E-state index in [1.165, 1.54) is 25.7 Å². The number of nitrogens with zero attached hydrogens (tertiary/aromatic N) is 2. The molecule has 1 N–H and O–H groups in total. The zero-order chi connectivity index (χ0) is 15.1.